The zero-order valence-electron chi connectivity index (χ0n) is 8.98. The number of aliphatic carboxylic acids is 1. The molecule has 0 aliphatic heterocycles. The van der Waals surface area contributed by atoms with Gasteiger partial charge >= 0.3 is 0 Å². The van der Waals surface area contributed by atoms with Crippen molar-refractivity contribution in [3.63, 3.8) is 0 Å². The van der Waals surface area contributed by atoms with Crippen molar-refractivity contribution in [2.45, 2.75) is 6.92 Å². The van der Waals surface area contributed by atoms with Crippen molar-refractivity contribution in [2.75, 3.05) is 0 Å². The maximum absolute atomic E-state index is 10.4. The van der Waals surface area contributed by atoms with Gasteiger partial charge in [-0.05, 0) is 6.07 Å². The molecule has 0 saturated heterocycles. The summed E-state index contributed by atoms with van der Waals surface area (Å²) in [5, 5.41) is 28.7. The fraction of sp³-hybridized carbons (Fsp3) is 0.111. The summed E-state index contributed by atoms with van der Waals surface area (Å²) in [7, 11) is 0. The number of carboxylic acid groups (broad SMARTS) is 1. The zero-order chi connectivity index (χ0) is 12.6. The molecule has 89 valence electrons. The fourth-order valence-corrected chi connectivity index (χ4v) is 0.825. The molecule has 0 spiro atoms. The van der Waals surface area contributed by atoms with Crippen LogP contribution in [0.25, 0.3) is 0 Å². The average Bonchev–Trinajstić information content (AvgIpc) is 2.18. The molecule has 0 bridgehead atoms. The minimum atomic E-state index is -0.833. The van der Waals surface area contributed by atoms with Gasteiger partial charge in [-0.3, -0.25) is 14.9 Å². The number of nitro benzene ring substituents is 1. The Bertz CT molecular complexity index is 404. The molecule has 7 nitrogen and oxygen atoms in total. The third-order valence-electron chi connectivity index (χ3n) is 1.33. The molecule has 0 heterocycles. The third-order valence-corrected chi connectivity index (χ3v) is 1.33. The second-order valence-corrected chi connectivity index (χ2v) is 2.58. The number of para-hydroxylation sites is 1. The molecule has 17 heavy (non-hydrogen) atoms. The van der Waals surface area contributed by atoms with Crippen molar-refractivity contribution in [3.8, 4) is 0 Å². The van der Waals surface area contributed by atoms with Crippen LogP contribution in [0.15, 0.2) is 29.4 Å². The molecule has 0 atom stereocenters. The van der Waals surface area contributed by atoms with Crippen LogP contribution in [0.2, 0.25) is 0 Å². The van der Waals surface area contributed by atoms with E-state index >= 15 is 0 Å². The smallest absolute Gasteiger partial charge is 0.300 e. The molecule has 0 aromatic heterocycles. The Labute approximate surface area is 122 Å². The maximum Gasteiger partial charge on any atom is 0.300 e. The number of rotatable bonds is 2. The average molecular weight is 315 g/mol. The number of carbonyl (C=O) groups is 1. The number of benzene rings is 1. The summed E-state index contributed by atoms with van der Waals surface area (Å²) in [6.07, 6.45) is 1.03. The van der Waals surface area contributed by atoms with Gasteiger partial charge in [0.15, 0.2) is 0 Å². The Morgan fingerprint density at radius 1 is 1.47 bits per heavy atom. The van der Waals surface area contributed by atoms with E-state index in [4.69, 9.17) is 15.1 Å². The minimum Gasteiger partial charge on any atom is -0.481 e. The number of carboxylic acids is 1. The monoisotopic (exact) mass is 315 g/mol. The molecule has 1 aromatic carbocycles. The molecular weight excluding hydrogens is 305 g/mol. The van der Waals surface area contributed by atoms with Crippen molar-refractivity contribution in [3.05, 3.63) is 39.9 Å². The van der Waals surface area contributed by atoms with Gasteiger partial charge in [0, 0.05) is 45.7 Å². The van der Waals surface area contributed by atoms with Gasteiger partial charge in [0.25, 0.3) is 11.7 Å². The van der Waals surface area contributed by atoms with Gasteiger partial charge in [-0.2, -0.15) is 0 Å². The second kappa shape index (κ2) is 9.86. The Hall–Kier alpha value is -1.34. The van der Waals surface area contributed by atoms with Crippen LogP contribution in [0, 0.1) is 10.1 Å². The predicted octanol–water partition coefficient (Wildman–Crippen LogP) is 1.49. The van der Waals surface area contributed by atoms with Gasteiger partial charge in [-0.25, -0.2) is 0 Å². The Morgan fingerprint density at radius 2 is 1.94 bits per heavy atom. The predicted molar refractivity (Wildman–Crippen MR) is 55.8 cm³/mol. The summed E-state index contributed by atoms with van der Waals surface area (Å²) in [6.45, 7) is 1.08. The fourth-order valence-electron chi connectivity index (χ4n) is 0.825. The van der Waals surface area contributed by atoms with E-state index in [9.17, 15) is 10.1 Å². The van der Waals surface area contributed by atoms with Crippen LogP contribution in [-0.2, 0) is 37.5 Å². The van der Waals surface area contributed by atoms with E-state index < -0.39 is 10.9 Å². The largest absolute Gasteiger partial charge is 0.481 e. The summed E-state index contributed by atoms with van der Waals surface area (Å²) >= 11 is 0. The Kier molecular flexibility index (Phi) is 10.5. The molecule has 0 aliphatic carbocycles. The van der Waals surface area contributed by atoms with E-state index in [1.165, 1.54) is 12.1 Å². The van der Waals surface area contributed by atoms with Crippen LogP contribution in [0.4, 0.5) is 5.69 Å². The molecule has 0 aliphatic rings. The van der Waals surface area contributed by atoms with Gasteiger partial charge in [-0.15, -0.1) is 0 Å². The van der Waals surface area contributed by atoms with E-state index in [1.54, 1.807) is 12.1 Å². The number of hydrogen-bond donors (Lipinski definition) is 2. The maximum atomic E-state index is 10.4. The summed E-state index contributed by atoms with van der Waals surface area (Å²) in [5.74, 6) is -0.833. The van der Waals surface area contributed by atoms with Crippen molar-refractivity contribution in [2.24, 2.45) is 5.16 Å². The van der Waals surface area contributed by atoms with Gasteiger partial charge in [0.1, 0.15) is 0 Å². The van der Waals surface area contributed by atoms with E-state index in [-0.39, 0.29) is 44.0 Å². The normalized spacial score (nSPS) is 8.76. The van der Waals surface area contributed by atoms with Crippen molar-refractivity contribution in [1.29, 1.82) is 0 Å². The quantitative estimate of drug-likeness (QED) is 0.371. The Morgan fingerprint density at radius 3 is 2.35 bits per heavy atom. The first-order chi connectivity index (χ1) is 7.49. The third kappa shape index (κ3) is 8.47. The summed E-state index contributed by atoms with van der Waals surface area (Å²) in [5.41, 5.74) is 0.209. The minimum absolute atomic E-state index is 0. The molecule has 0 amide bonds. The van der Waals surface area contributed by atoms with Crippen molar-refractivity contribution < 1.29 is 52.7 Å². The molecule has 1 rings (SSSR count). The van der Waals surface area contributed by atoms with Gasteiger partial charge in [0.2, 0.25) is 0 Å². The van der Waals surface area contributed by atoms with Crippen molar-refractivity contribution in [1.82, 2.24) is 0 Å². The van der Waals surface area contributed by atoms with Gasteiger partial charge in [0.05, 0.1) is 16.7 Å². The summed E-state index contributed by atoms with van der Waals surface area (Å²) < 4.78 is 0. The molecule has 0 unspecified atom stereocenters. The topological polar surface area (TPSA) is 113 Å². The Balaban J connectivity index is 0. The molecule has 2 N–H and O–H groups in total. The molecule has 1 radical (unpaired) electrons. The van der Waals surface area contributed by atoms with Crippen LogP contribution < -0.4 is 0 Å². The molecule has 1 aromatic rings. The van der Waals surface area contributed by atoms with Crippen LogP contribution >= 0.6 is 0 Å². The van der Waals surface area contributed by atoms with Crippen LogP contribution in [0.1, 0.15) is 12.5 Å². The summed E-state index contributed by atoms with van der Waals surface area (Å²) in [4.78, 5) is 18.8. The number of hydrogen-bond acceptors (Lipinski definition) is 5. The molecule has 0 saturated carbocycles. The zero-order valence-corrected chi connectivity index (χ0v) is 11.8. The first kappa shape index (κ1) is 18.0. The second-order valence-electron chi connectivity index (χ2n) is 2.58. The molecule has 0 fully saturated rings. The SMILES string of the molecule is CC(=O)O.O=[N+]([O-])c1ccccc1/C=N/O.[Y]. The van der Waals surface area contributed by atoms with E-state index in [0.717, 1.165) is 13.1 Å². The first-order valence-corrected chi connectivity index (χ1v) is 4.09. The van der Waals surface area contributed by atoms with E-state index in [0.29, 0.717) is 0 Å². The van der Waals surface area contributed by atoms with Crippen LogP contribution in [0.3, 0.4) is 0 Å². The van der Waals surface area contributed by atoms with Gasteiger partial charge < -0.3 is 10.3 Å². The first-order valence-electron chi connectivity index (χ1n) is 4.09. The molecular formula is C9H10N2O5Y. The van der Waals surface area contributed by atoms with Crippen molar-refractivity contribution >= 4 is 17.9 Å². The molecule has 8 heteroatoms. The number of oxime groups is 1. The number of nitrogens with zero attached hydrogens (tertiary/aromatic N) is 2. The van der Waals surface area contributed by atoms with Crippen LogP contribution in [0.5, 0.6) is 0 Å². The number of nitro groups is 1. The van der Waals surface area contributed by atoms with E-state index in [1.807, 2.05) is 0 Å². The van der Waals surface area contributed by atoms with Gasteiger partial charge in [-0.1, -0.05) is 17.3 Å². The van der Waals surface area contributed by atoms with E-state index in [2.05, 4.69) is 5.16 Å². The summed E-state index contributed by atoms with van der Waals surface area (Å²) in [6, 6.07) is 6.02. The van der Waals surface area contributed by atoms with Crippen LogP contribution in [-0.4, -0.2) is 27.4 Å². The standard InChI is InChI=1S/C7H6N2O3.C2H4O2.Y/c10-8-5-6-3-1-2-4-7(6)9(11)12;1-2(3)4;/h1-5,10H;1H3,(H,3,4);/b8-5+;;.